The minimum absolute atomic E-state index is 0.0681. The monoisotopic (exact) mass is 370 g/mol. The van der Waals surface area contributed by atoms with Gasteiger partial charge in [0.2, 0.25) is 0 Å². The van der Waals surface area contributed by atoms with E-state index in [4.69, 9.17) is 0 Å². The number of benzene rings is 1. The maximum atomic E-state index is 11.9. The Morgan fingerprint density at radius 1 is 1.26 bits per heavy atom. The zero-order valence-electron chi connectivity index (χ0n) is 11.8. The Kier molecular flexibility index (Phi) is 4.29. The van der Waals surface area contributed by atoms with Crippen molar-refractivity contribution in [1.29, 1.82) is 0 Å². The number of fused-ring (bicyclic) bond motifs is 1. The topological polar surface area (TPSA) is 87.5 Å². The Labute approximate surface area is 140 Å². The minimum atomic E-state index is -0.330. The fraction of sp³-hybridized carbons (Fsp3) is 0. The van der Waals surface area contributed by atoms with Crippen LogP contribution in [-0.2, 0) is 0 Å². The number of aromatic hydroxyl groups is 1. The van der Waals surface area contributed by atoms with Crippen LogP contribution >= 0.6 is 15.9 Å². The lowest BCUT2D eigenvalue weighted by molar-refractivity contribution is 0.0955. The van der Waals surface area contributed by atoms with Crippen molar-refractivity contribution in [2.45, 2.75) is 0 Å². The van der Waals surface area contributed by atoms with Gasteiger partial charge in [0.25, 0.3) is 5.91 Å². The van der Waals surface area contributed by atoms with Gasteiger partial charge in [-0.3, -0.25) is 14.8 Å². The van der Waals surface area contributed by atoms with Gasteiger partial charge in [-0.05, 0) is 40.2 Å². The molecule has 2 N–H and O–H groups in total. The SMILES string of the molecule is O=C(N/N=C\c1cc(Br)c(O)c2ncccc12)c1ccncc1. The third kappa shape index (κ3) is 3.19. The molecule has 1 amide bonds. The van der Waals surface area contributed by atoms with E-state index in [1.54, 1.807) is 30.5 Å². The average molecular weight is 371 g/mol. The fourth-order valence-corrected chi connectivity index (χ4v) is 2.49. The molecule has 0 saturated heterocycles. The Morgan fingerprint density at radius 2 is 2.04 bits per heavy atom. The van der Waals surface area contributed by atoms with Gasteiger partial charge >= 0.3 is 0 Å². The van der Waals surface area contributed by atoms with Crippen LogP contribution in [0.15, 0.2) is 58.5 Å². The molecule has 0 radical (unpaired) electrons. The number of nitrogens with one attached hydrogen (secondary N) is 1. The Hall–Kier alpha value is -2.80. The van der Waals surface area contributed by atoms with Crippen molar-refractivity contribution in [3.8, 4) is 5.75 Å². The summed E-state index contributed by atoms with van der Waals surface area (Å²) >= 11 is 3.28. The van der Waals surface area contributed by atoms with Gasteiger partial charge in [0, 0.05) is 35.1 Å². The predicted molar refractivity (Wildman–Crippen MR) is 90.4 cm³/mol. The van der Waals surface area contributed by atoms with Gasteiger partial charge in [0.1, 0.15) is 5.52 Å². The zero-order valence-corrected chi connectivity index (χ0v) is 13.4. The van der Waals surface area contributed by atoms with Crippen molar-refractivity contribution in [3.05, 3.63) is 64.5 Å². The molecule has 3 rings (SSSR count). The number of phenols is 1. The molecule has 0 bridgehead atoms. The highest BCUT2D eigenvalue weighted by molar-refractivity contribution is 9.10. The van der Waals surface area contributed by atoms with E-state index < -0.39 is 0 Å². The second kappa shape index (κ2) is 6.53. The van der Waals surface area contributed by atoms with Gasteiger partial charge in [-0.2, -0.15) is 5.10 Å². The van der Waals surface area contributed by atoms with Crippen LogP contribution in [0.3, 0.4) is 0 Å². The van der Waals surface area contributed by atoms with Crippen LogP contribution in [0.2, 0.25) is 0 Å². The summed E-state index contributed by atoms with van der Waals surface area (Å²) in [6.07, 6.45) is 6.18. The van der Waals surface area contributed by atoms with E-state index in [0.717, 1.165) is 5.39 Å². The number of pyridine rings is 2. The summed E-state index contributed by atoms with van der Waals surface area (Å²) < 4.78 is 0.505. The molecule has 0 aliphatic heterocycles. The van der Waals surface area contributed by atoms with Crippen LogP contribution < -0.4 is 5.43 Å². The van der Waals surface area contributed by atoms with Gasteiger partial charge in [0.15, 0.2) is 5.75 Å². The van der Waals surface area contributed by atoms with Gasteiger partial charge in [-0.15, -0.1) is 0 Å². The van der Waals surface area contributed by atoms with Crippen molar-refractivity contribution in [2.24, 2.45) is 5.10 Å². The molecule has 2 aromatic heterocycles. The Morgan fingerprint density at radius 3 is 2.83 bits per heavy atom. The predicted octanol–water partition coefficient (Wildman–Crippen LogP) is 2.86. The van der Waals surface area contributed by atoms with Crippen molar-refractivity contribution in [2.75, 3.05) is 0 Å². The molecular formula is C16H11BrN4O2. The third-order valence-electron chi connectivity index (χ3n) is 3.16. The molecule has 0 spiro atoms. The lowest BCUT2D eigenvalue weighted by Gasteiger charge is -2.06. The summed E-state index contributed by atoms with van der Waals surface area (Å²) in [5.41, 5.74) is 4.10. The summed E-state index contributed by atoms with van der Waals surface area (Å²) in [4.78, 5) is 19.9. The quantitative estimate of drug-likeness (QED) is 0.548. The molecule has 7 heteroatoms. The first-order valence-electron chi connectivity index (χ1n) is 6.66. The molecule has 2 heterocycles. The Bertz CT molecular complexity index is 897. The van der Waals surface area contributed by atoms with E-state index in [1.165, 1.54) is 18.6 Å². The number of phenolic OH excluding ortho intramolecular Hbond substituents is 1. The molecule has 0 aliphatic rings. The summed E-state index contributed by atoms with van der Waals surface area (Å²) in [5.74, 6) is -0.262. The summed E-state index contributed by atoms with van der Waals surface area (Å²) in [7, 11) is 0. The number of hydrogen-bond donors (Lipinski definition) is 2. The standard InChI is InChI=1S/C16H11BrN4O2/c17-13-8-11(12-2-1-5-19-14(12)15(13)22)9-20-21-16(23)10-3-6-18-7-4-10/h1-9,22H,(H,21,23)/b20-9-. The first-order chi connectivity index (χ1) is 11.2. The number of halogens is 1. The molecule has 0 atom stereocenters. The van der Waals surface area contributed by atoms with Crippen LogP contribution in [0.1, 0.15) is 15.9 Å². The van der Waals surface area contributed by atoms with Crippen LogP contribution in [0.4, 0.5) is 0 Å². The van der Waals surface area contributed by atoms with E-state index in [0.29, 0.717) is 21.1 Å². The molecule has 114 valence electrons. The highest BCUT2D eigenvalue weighted by Crippen LogP contribution is 2.32. The van der Waals surface area contributed by atoms with E-state index >= 15 is 0 Å². The number of hydrazone groups is 1. The summed E-state index contributed by atoms with van der Waals surface area (Å²) in [6.45, 7) is 0. The van der Waals surface area contributed by atoms with Gasteiger partial charge in [-0.1, -0.05) is 6.07 Å². The molecule has 3 aromatic rings. The van der Waals surface area contributed by atoms with Crippen molar-refractivity contribution >= 4 is 39.0 Å². The van der Waals surface area contributed by atoms with Crippen molar-refractivity contribution < 1.29 is 9.90 Å². The summed E-state index contributed by atoms with van der Waals surface area (Å²) in [6, 6.07) is 8.49. The van der Waals surface area contributed by atoms with Crippen molar-refractivity contribution in [3.63, 3.8) is 0 Å². The molecule has 0 saturated carbocycles. The second-order valence-corrected chi connectivity index (χ2v) is 5.49. The first-order valence-corrected chi connectivity index (χ1v) is 7.46. The van der Waals surface area contributed by atoms with Crippen LogP contribution in [-0.4, -0.2) is 27.2 Å². The summed E-state index contributed by atoms with van der Waals surface area (Å²) in [5, 5.41) is 14.7. The number of carbonyl (C=O) groups is 1. The Balaban J connectivity index is 1.87. The van der Waals surface area contributed by atoms with E-state index in [9.17, 15) is 9.90 Å². The number of nitrogens with zero attached hydrogens (tertiary/aromatic N) is 3. The molecule has 6 nitrogen and oxygen atoms in total. The third-order valence-corrected chi connectivity index (χ3v) is 3.77. The number of amides is 1. The normalized spacial score (nSPS) is 11.0. The zero-order chi connectivity index (χ0) is 16.2. The van der Waals surface area contributed by atoms with Crippen LogP contribution in [0.5, 0.6) is 5.75 Å². The number of carbonyl (C=O) groups excluding carboxylic acids is 1. The maximum absolute atomic E-state index is 11.9. The second-order valence-electron chi connectivity index (χ2n) is 4.63. The van der Waals surface area contributed by atoms with Crippen molar-refractivity contribution in [1.82, 2.24) is 15.4 Å². The molecule has 0 fully saturated rings. The molecule has 1 aromatic carbocycles. The number of rotatable bonds is 3. The van der Waals surface area contributed by atoms with E-state index in [1.807, 2.05) is 6.07 Å². The highest BCUT2D eigenvalue weighted by Gasteiger charge is 2.09. The van der Waals surface area contributed by atoms with Gasteiger partial charge in [0.05, 0.1) is 10.7 Å². The molecule has 0 unspecified atom stereocenters. The van der Waals surface area contributed by atoms with E-state index in [2.05, 4.69) is 36.4 Å². The molecule has 23 heavy (non-hydrogen) atoms. The van der Waals surface area contributed by atoms with Crippen LogP contribution in [0, 0.1) is 0 Å². The van der Waals surface area contributed by atoms with Gasteiger partial charge in [-0.25, -0.2) is 5.43 Å². The maximum Gasteiger partial charge on any atom is 0.271 e. The largest absolute Gasteiger partial charge is 0.505 e. The molecular weight excluding hydrogens is 360 g/mol. The fourth-order valence-electron chi connectivity index (χ4n) is 2.06. The molecule has 0 aliphatic carbocycles. The van der Waals surface area contributed by atoms with Gasteiger partial charge < -0.3 is 5.11 Å². The smallest absolute Gasteiger partial charge is 0.271 e. The number of aromatic nitrogens is 2. The minimum Gasteiger partial charge on any atom is -0.505 e. The lowest BCUT2D eigenvalue weighted by atomic mass is 10.1. The number of hydrogen-bond acceptors (Lipinski definition) is 5. The van der Waals surface area contributed by atoms with E-state index in [-0.39, 0.29) is 11.7 Å². The highest BCUT2D eigenvalue weighted by atomic mass is 79.9. The first kappa shape index (κ1) is 15.1. The average Bonchev–Trinajstić information content (AvgIpc) is 2.60. The van der Waals surface area contributed by atoms with Crippen LogP contribution in [0.25, 0.3) is 10.9 Å². The lowest BCUT2D eigenvalue weighted by Crippen LogP contribution is -2.17.